The lowest BCUT2D eigenvalue weighted by molar-refractivity contribution is 0.410. The third-order valence-electron chi connectivity index (χ3n) is 2.54. The van der Waals surface area contributed by atoms with Crippen molar-refractivity contribution in [1.29, 1.82) is 0 Å². The van der Waals surface area contributed by atoms with Gasteiger partial charge in [-0.25, -0.2) is 4.79 Å². The first kappa shape index (κ1) is 10.9. The van der Waals surface area contributed by atoms with E-state index in [-0.39, 0.29) is 5.63 Å². The first-order valence-electron chi connectivity index (χ1n) is 5.33. The van der Waals surface area contributed by atoms with Crippen molar-refractivity contribution in [2.45, 2.75) is 6.42 Å². The molecule has 0 atom stereocenters. The number of nitrogens with zero attached hydrogens (tertiary/aromatic N) is 1. The van der Waals surface area contributed by atoms with Gasteiger partial charge in [0.1, 0.15) is 5.58 Å². The average molecular weight is 217 g/mol. The number of fused-ring (bicyclic) bond motifs is 1. The van der Waals surface area contributed by atoms with Crippen LogP contribution in [0.5, 0.6) is 0 Å². The summed E-state index contributed by atoms with van der Waals surface area (Å²) in [6, 6.07) is 9.50. The van der Waals surface area contributed by atoms with E-state index in [1.807, 2.05) is 44.4 Å². The maximum atomic E-state index is 11.7. The third kappa shape index (κ3) is 2.31. The fourth-order valence-electron chi connectivity index (χ4n) is 1.62. The van der Waals surface area contributed by atoms with Gasteiger partial charge < -0.3 is 9.32 Å². The number of likely N-dealkylation sites (N-methyl/N-ethyl adjacent to an activating group) is 1. The van der Waals surface area contributed by atoms with Gasteiger partial charge in [0, 0.05) is 17.5 Å². The maximum absolute atomic E-state index is 11.7. The smallest absolute Gasteiger partial charge is 0.339 e. The van der Waals surface area contributed by atoms with Gasteiger partial charge in [-0.15, -0.1) is 0 Å². The Kier molecular flexibility index (Phi) is 3.06. The minimum atomic E-state index is -0.222. The molecular weight excluding hydrogens is 202 g/mol. The molecular formula is C13H15NO2. The van der Waals surface area contributed by atoms with Crippen LogP contribution in [0.1, 0.15) is 5.56 Å². The highest BCUT2D eigenvalue weighted by Crippen LogP contribution is 2.12. The van der Waals surface area contributed by atoms with Crippen LogP contribution in [0.4, 0.5) is 0 Å². The number of benzene rings is 1. The lowest BCUT2D eigenvalue weighted by atomic mass is 10.1. The third-order valence-corrected chi connectivity index (χ3v) is 2.54. The molecule has 1 aromatic carbocycles. The Morgan fingerprint density at radius 1 is 1.25 bits per heavy atom. The average Bonchev–Trinajstić information content (AvgIpc) is 2.26. The minimum Gasteiger partial charge on any atom is -0.423 e. The predicted octanol–water partition coefficient (Wildman–Crippen LogP) is 1.90. The van der Waals surface area contributed by atoms with E-state index in [0.717, 1.165) is 23.9 Å². The number of para-hydroxylation sites is 1. The molecule has 2 aromatic rings. The molecule has 2 rings (SSSR count). The van der Waals surface area contributed by atoms with E-state index in [4.69, 9.17) is 4.42 Å². The minimum absolute atomic E-state index is 0.222. The monoisotopic (exact) mass is 217 g/mol. The molecule has 0 aliphatic rings. The summed E-state index contributed by atoms with van der Waals surface area (Å²) >= 11 is 0. The molecule has 3 heteroatoms. The van der Waals surface area contributed by atoms with Gasteiger partial charge in [-0.05, 0) is 32.6 Å². The highest BCUT2D eigenvalue weighted by atomic mass is 16.4. The molecule has 0 fully saturated rings. The molecule has 16 heavy (non-hydrogen) atoms. The quantitative estimate of drug-likeness (QED) is 0.736. The summed E-state index contributed by atoms with van der Waals surface area (Å²) in [6.07, 6.45) is 0.722. The van der Waals surface area contributed by atoms with Crippen LogP contribution in [-0.4, -0.2) is 25.5 Å². The second-order valence-corrected chi connectivity index (χ2v) is 4.15. The van der Waals surface area contributed by atoms with Crippen molar-refractivity contribution in [3.63, 3.8) is 0 Å². The first-order valence-corrected chi connectivity index (χ1v) is 5.33. The molecule has 0 amide bonds. The summed E-state index contributed by atoms with van der Waals surface area (Å²) in [5.74, 6) is 0. The second kappa shape index (κ2) is 4.49. The molecule has 3 nitrogen and oxygen atoms in total. The zero-order chi connectivity index (χ0) is 11.5. The summed E-state index contributed by atoms with van der Waals surface area (Å²) in [6.45, 7) is 0.850. The van der Waals surface area contributed by atoms with E-state index in [0.29, 0.717) is 5.58 Å². The molecule has 84 valence electrons. The molecule has 0 unspecified atom stereocenters. The van der Waals surface area contributed by atoms with E-state index in [9.17, 15) is 4.79 Å². The highest BCUT2D eigenvalue weighted by molar-refractivity contribution is 5.76. The Morgan fingerprint density at radius 3 is 2.75 bits per heavy atom. The van der Waals surface area contributed by atoms with Gasteiger partial charge in [-0.1, -0.05) is 18.2 Å². The zero-order valence-electron chi connectivity index (χ0n) is 9.56. The first-order chi connectivity index (χ1) is 7.66. The van der Waals surface area contributed by atoms with Crippen molar-refractivity contribution in [3.8, 4) is 0 Å². The van der Waals surface area contributed by atoms with Crippen LogP contribution in [0.25, 0.3) is 11.0 Å². The van der Waals surface area contributed by atoms with Gasteiger partial charge >= 0.3 is 5.63 Å². The summed E-state index contributed by atoms with van der Waals surface area (Å²) in [4.78, 5) is 13.7. The Labute approximate surface area is 94.3 Å². The van der Waals surface area contributed by atoms with Crippen LogP contribution in [0, 0.1) is 0 Å². The number of hydrogen-bond acceptors (Lipinski definition) is 3. The van der Waals surface area contributed by atoms with E-state index >= 15 is 0 Å². The van der Waals surface area contributed by atoms with Gasteiger partial charge in [-0.3, -0.25) is 0 Å². The summed E-state index contributed by atoms with van der Waals surface area (Å²) in [5, 5.41) is 0.982. The van der Waals surface area contributed by atoms with Gasteiger partial charge in [0.15, 0.2) is 0 Å². The van der Waals surface area contributed by atoms with E-state index < -0.39 is 0 Å². The highest BCUT2D eigenvalue weighted by Gasteiger charge is 2.04. The molecule has 0 saturated heterocycles. The van der Waals surface area contributed by atoms with Crippen LogP contribution < -0.4 is 5.63 Å². The normalized spacial score (nSPS) is 11.2. The van der Waals surface area contributed by atoms with Crippen LogP contribution in [0.2, 0.25) is 0 Å². The topological polar surface area (TPSA) is 33.5 Å². The van der Waals surface area contributed by atoms with Crippen LogP contribution in [0.15, 0.2) is 39.5 Å². The van der Waals surface area contributed by atoms with E-state index in [1.54, 1.807) is 0 Å². The van der Waals surface area contributed by atoms with Crippen LogP contribution >= 0.6 is 0 Å². The Bertz CT molecular complexity index is 543. The van der Waals surface area contributed by atoms with Gasteiger partial charge in [0.2, 0.25) is 0 Å². The lowest BCUT2D eigenvalue weighted by Crippen LogP contribution is -2.18. The lowest BCUT2D eigenvalue weighted by Gasteiger charge is -2.08. The summed E-state index contributed by atoms with van der Waals surface area (Å²) < 4.78 is 5.25. The van der Waals surface area contributed by atoms with Crippen molar-refractivity contribution in [1.82, 2.24) is 4.90 Å². The predicted molar refractivity (Wildman–Crippen MR) is 64.7 cm³/mol. The fourth-order valence-corrected chi connectivity index (χ4v) is 1.62. The second-order valence-electron chi connectivity index (χ2n) is 4.15. The fraction of sp³-hybridized carbons (Fsp3) is 0.308. The van der Waals surface area contributed by atoms with E-state index in [1.165, 1.54) is 0 Å². The van der Waals surface area contributed by atoms with Crippen molar-refractivity contribution < 1.29 is 4.42 Å². The number of hydrogen-bond donors (Lipinski definition) is 0. The molecule has 0 saturated carbocycles. The summed E-state index contributed by atoms with van der Waals surface area (Å²) in [5.41, 5.74) is 1.18. The molecule has 0 spiro atoms. The molecule has 0 aliphatic heterocycles. The van der Waals surface area contributed by atoms with E-state index in [2.05, 4.69) is 4.90 Å². The van der Waals surface area contributed by atoms with Crippen LogP contribution in [-0.2, 0) is 6.42 Å². The molecule has 0 N–H and O–H groups in total. The Hall–Kier alpha value is -1.61. The van der Waals surface area contributed by atoms with Crippen molar-refractivity contribution in [2.24, 2.45) is 0 Å². The molecule has 1 aromatic heterocycles. The molecule has 0 bridgehead atoms. The van der Waals surface area contributed by atoms with Gasteiger partial charge in [0.05, 0.1) is 0 Å². The largest absolute Gasteiger partial charge is 0.423 e. The standard InChI is InChI=1S/C13H15NO2/c1-14(2)8-7-11-9-10-5-3-4-6-12(10)16-13(11)15/h3-6,9H,7-8H2,1-2H3. The van der Waals surface area contributed by atoms with Crippen LogP contribution in [0.3, 0.4) is 0 Å². The number of rotatable bonds is 3. The Morgan fingerprint density at radius 2 is 2.00 bits per heavy atom. The van der Waals surface area contributed by atoms with Crippen molar-refractivity contribution in [2.75, 3.05) is 20.6 Å². The van der Waals surface area contributed by atoms with Gasteiger partial charge in [-0.2, -0.15) is 0 Å². The molecule has 0 radical (unpaired) electrons. The summed E-state index contributed by atoms with van der Waals surface area (Å²) in [7, 11) is 3.98. The molecule has 0 aliphatic carbocycles. The van der Waals surface area contributed by atoms with Gasteiger partial charge in [0.25, 0.3) is 0 Å². The van der Waals surface area contributed by atoms with Crippen molar-refractivity contribution in [3.05, 3.63) is 46.3 Å². The Balaban J connectivity index is 2.38. The van der Waals surface area contributed by atoms with Crippen molar-refractivity contribution >= 4 is 11.0 Å². The zero-order valence-corrected chi connectivity index (χ0v) is 9.56. The SMILES string of the molecule is CN(C)CCc1cc2ccccc2oc1=O. The maximum Gasteiger partial charge on any atom is 0.339 e. The molecule has 1 heterocycles.